The first-order valence-corrected chi connectivity index (χ1v) is 7.48. The Morgan fingerprint density at radius 1 is 1.44 bits per heavy atom. The maximum absolute atomic E-state index is 11.7. The van der Waals surface area contributed by atoms with Gasteiger partial charge in [-0.15, -0.1) is 0 Å². The lowest BCUT2D eigenvalue weighted by Crippen LogP contribution is -2.35. The van der Waals surface area contributed by atoms with Crippen LogP contribution in [0.5, 0.6) is 5.75 Å². The average molecular weight is 343 g/mol. The Hall–Kier alpha value is -3.41. The van der Waals surface area contributed by atoms with Crippen molar-refractivity contribution in [2.45, 2.75) is 19.6 Å². The summed E-state index contributed by atoms with van der Waals surface area (Å²) in [6.45, 7) is 1.53. The summed E-state index contributed by atoms with van der Waals surface area (Å²) in [7, 11) is 0. The second kappa shape index (κ2) is 9.02. The number of amides is 1. The monoisotopic (exact) mass is 343 g/mol. The Morgan fingerprint density at radius 2 is 2.28 bits per heavy atom. The van der Waals surface area contributed by atoms with Crippen molar-refractivity contribution < 1.29 is 19.1 Å². The number of nitriles is 1. The van der Waals surface area contributed by atoms with Crippen molar-refractivity contribution in [1.82, 2.24) is 20.1 Å². The molecule has 1 heterocycles. The number of nitrogens with one attached hydrogen (secondary N) is 1. The molecule has 0 aliphatic rings. The summed E-state index contributed by atoms with van der Waals surface area (Å²) in [5.74, 6) is -0.434. The van der Waals surface area contributed by atoms with E-state index in [-0.39, 0.29) is 25.6 Å². The van der Waals surface area contributed by atoms with E-state index in [1.54, 1.807) is 31.2 Å². The molecule has 2 aromatic rings. The fraction of sp³-hybridized carbons (Fsp3) is 0.312. The minimum Gasteiger partial charge on any atom is -0.490 e. The van der Waals surface area contributed by atoms with Crippen LogP contribution in [0.25, 0.3) is 0 Å². The molecule has 25 heavy (non-hydrogen) atoms. The van der Waals surface area contributed by atoms with E-state index in [0.717, 1.165) is 0 Å². The SMILES string of the molecule is C[C@@H](COc1cccc(C#N)c1)OC(=O)CNC(=O)Cn1cncn1. The molecular weight excluding hydrogens is 326 g/mol. The summed E-state index contributed by atoms with van der Waals surface area (Å²) in [5, 5.41) is 15.0. The van der Waals surface area contributed by atoms with E-state index in [4.69, 9.17) is 14.7 Å². The van der Waals surface area contributed by atoms with Gasteiger partial charge in [-0.2, -0.15) is 10.4 Å². The molecule has 0 saturated heterocycles. The largest absolute Gasteiger partial charge is 0.490 e. The average Bonchev–Trinajstić information content (AvgIpc) is 3.11. The molecule has 130 valence electrons. The fourth-order valence-corrected chi connectivity index (χ4v) is 1.86. The van der Waals surface area contributed by atoms with E-state index in [1.807, 2.05) is 6.07 Å². The molecule has 0 aliphatic carbocycles. The molecular formula is C16H17N5O4. The predicted molar refractivity (Wildman–Crippen MR) is 85.2 cm³/mol. The maximum Gasteiger partial charge on any atom is 0.325 e. The van der Waals surface area contributed by atoms with Crippen molar-refractivity contribution in [3.05, 3.63) is 42.5 Å². The minimum atomic E-state index is -0.575. The van der Waals surface area contributed by atoms with Gasteiger partial charge in [0, 0.05) is 0 Å². The van der Waals surface area contributed by atoms with Gasteiger partial charge in [-0.25, -0.2) is 9.67 Å². The lowest BCUT2D eigenvalue weighted by atomic mass is 10.2. The van der Waals surface area contributed by atoms with Crippen molar-refractivity contribution in [3.63, 3.8) is 0 Å². The Balaban J connectivity index is 1.67. The lowest BCUT2D eigenvalue weighted by Gasteiger charge is -2.14. The van der Waals surface area contributed by atoms with Crippen LogP contribution in [-0.2, 0) is 20.9 Å². The van der Waals surface area contributed by atoms with Crippen LogP contribution < -0.4 is 10.1 Å². The molecule has 1 atom stereocenters. The van der Waals surface area contributed by atoms with Crippen LogP contribution >= 0.6 is 0 Å². The second-order valence-electron chi connectivity index (χ2n) is 5.12. The van der Waals surface area contributed by atoms with Crippen molar-refractivity contribution in [3.8, 4) is 11.8 Å². The number of benzene rings is 1. The van der Waals surface area contributed by atoms with Crippen LogP contribution in [0.15, 0.2) is 36.9 Å². The zero-order valence-corrected chi connectivity index (χ0v) is 13.6. The molecule has 0 unspecified atom stereocenters. The highest BCUT2D eigenvalue weighted by atomic mass is 16.6. The zero-order chi connectivity index (χ0) is 18.1. The number of rotatable bonds is 8. The number of hydrogen-bond donors (Lipinski definition) is 1. The van der Waals surface area contributed by atoms with Crippen molar-refractivity contribution in [2.75, 3.05) is 13.2 Å². The minimum absolute atomic E-state index is 0.0266. The molecule has 1 aromatic heterocycles. The van der Waals surface area contributed by atoms with Crippen LogP contribution in [0.4, 0.5) is 0 Å². The number of ether oxygens (including phenoxy) is 2. The van der Waals surface area contributed by atoms with Crippen LogP contribution in [0.1, 0.15) is 12.5 Å². The van der Waals surface area contributed by atoms with E-state index < -0.39 is 12.1 Å². The van der Waals surface area contributed by atoms with Crippen molar-refractivity contribution in [2.24, 2.45) is 0 Å². The van der Waals surface area contributed by atoms with E-state index in [0.29, 0.717) is 11.3 Å². The van der Waals surface area contributed by atoms with Crippen LogP contribution in [0.2, 0.25) is 0 Å². The fourth-order valence-electron chi connectivity index (χ4n) is 1.86. The summed E-state index contributed by atoms with van der Waals surface area (Å²) >= 11 is 0. The molecule has 9 nitrogen and oxygen atoms in total. The number of nitrogens with zero attached hydrogens (tertiary/aromatic N) is 4. The van der Waals surface area contributed by atoms with Gasteiger partial charge in [0.2, 0.25) is 5.91 Å². The van der Waals surface area contributed by atoms with Gasteiger partial charge >= 0.3 is 5.97 Å². The number of esters is 1. The van der Waals surface area contributed by atoms with Crippen molar-refractivity contribution in [1.29, 1.82) is 5.26 Å². The quantitative estimate of drug-likeness (QED) is 0.684. The third-order valence-electron chi connectivity index (χ3n) is 2.98. The van der Waals surface area contributed by atoms with Gasteiger partial charge < -0.3 is 14.8 Å². The van der Waals surface area contributed by atoms with Gasteiger partial charge in [0.25, 0.3) is 0 Å². The zero-order valence-electron chi connectivity index (χ0n) is 13.6. The highest BCUT2D eigenvalue weighted by molar-refractivity contribution is 5.81. The van der Waals surface area contributed by atoms with Gasteiger partial charge in [-0.1, -0.05) is 6.07 Å². The molecule has 9 heteroatoms. The van der Waals surface area contributed by atoms with Gasteiger partial charge in [0.05, 0.1) is 11.6 Å². The van der Waals surface area contributed by atoms with Crippen LogP contribution in [-0.4, -0.2) is 45.9 Å². The Bertz CT molecular complexity index is 754. The summed E-state index contributed by atoms with van der Waals surface area (Å²) in [6, 6.07) is 8.69. The molecule has 0 fully saturated rings. The molecule has 0 radical (unpaired) electrons. The summed E-state index contributed by atoms with van der Waals surface area (Å²) in [4.78, 5) is 27.0. The van der Waals surface area contributed by atoms with E-state index in [1.165, 1.54) is 17.3 Å². The lowest BCUT2D eigenvalue weighted by molar-refractivity contribution is -0.149. The van der Waals surface area contributed by atoms with Crippen LogP contribution in [0, 0.1) is 11.3 Å². The molecule has 1 aromatic carbocycles. The van der Waals surface area contributed by atoms with E-state index in [9.17, 15) is 9.59 Å². The predicted octanol–water partition coefficient (Wildman–Crippen LogP) is 0.277. The van der Waals surface area contributed by atoms with Crippen LogP contribution in [0.3, 0.4) is 0 Å². The molecule has 0 bridgehead atoms. The smallest absolute Gasteiger partial charge is 0.325 e. The van der Waals surface area contributed by atoms with Gasteiger partial charge in [-0.05, 0) is 25.1 Å². The highest BCUT2D eigenvalue weighted by Gasteiger charge is 2.12. The Labute approximate surface area is 144 Å². The Morgan fingerprint density at radius 3 is 3.00 bits per heavy atom. The second-order valence-corrected chi connectivity index (χ2v) is 5.12. The molecule has 0 spiro atoms. The van der Waals surface area contributed by atoms with Gasteiger partial charge in [-0.3, -0.25) is 9.59 Å². The topological polar surface area (TPSA) is 119 Å². The standard InChI is InChI=1S/C16H17N5O4/c1-12(9-24-14-4-2-3-13(5-14)6-17)25-16(23)7-19-15(22)8-21-11-18-10-20-21/h2-5,10-12H,7-9H2,1H3,(H,19,22)/t12-/m0/s1. The number of carbonyl (C=O) groups excluding carboxylic acids is 2. The normalized spacial score (nSPS) is 11.2. The van der Waals surface area contributed by atoms with E-state index in [2.05, 4.69) is 15.4 Å². The number of hydrogen-bond acceptors (Lipinski definition) is 7. The van der Waals surface area contributed by atoms with Gasteiger partial charge in [0.15, 0.2) is 0 Å². The van der Waals surface area contributed by atoms with Crippen molar-refractivity contribution >= 4 is 11.9 Å². The number of aromatic nitrogens is 3. The first kappa shape index (κ1) is 17.9. The maximum atomic E-state index is 11.7. The highest BCUT2D eigenvalue weighted by Crippen LogP contribution is 2.13. The first-order chi connectivity index (χ1) is 12.1. The third-order valence-corrected chi connectivity index (χ3v) is 2.98. The molecule has 2 rings (SSSR count). The summed E-state index contributed by atoms with van der Waals surface area (Å²) in [6.07, 6.45) is 2.21. The van der Waals surface area contributed by atoms with E-state index >= 15 is 0 Å². The number of carbonyl (C=O) groups is 2. The Kier molecular flexibility index (Phi) is 6.47. The summed E-state index contributed by atoms with van der Waals surface area (Å²) < 4.78 is 11.9. The molecule has 0 saturated carbocycles. The molecule has 1 amide bonds. The third kappa shape index (κ3) is 6.31. The van der Waals surface area contributed by atoms with Gasteiger partial charge in [0.1, 0.15) is 44.2 Å². The molecule has 0 aliphatic heterocycles. The first-order valence-electron chi connectivity index (χ1n) is 7.48. The molecule has 1 N–H and O–H groups in total. The summed E-state index contributed by atoms with van der Waals surface area (Å²) in [5.41, 5.74) is 0.484.